The number of likely N-dealkylation sites (N-methyl/N-ethyl adjacent to an activating group) is 1. The van der Waals surface area contributed by atoms with Crippen LogP contribution in [0.1, 0.15) is 0 Å². The maximum absolute atomic E-state index is 6.43. The Bertz CT molecular complexity index is 893. The van der Waals surface area contributed by atoms with Gasteiger partial charge in [0.25, 0.3) is 0 Å². The molecule has 0 aliphatic heterocycles. The van der Waals surface area contributed by atoms with Gasteiger partial charge in [0, 0.05) is 28.4 Å². The minimum absolute atomic E-state index is 0.656. The Hall–Kier alpha value is -2.49. The van der Waals surface area contributed by atoms with Crippen molar-refractivity contribution < 1.29 is 4.74 Å². The fraction of sp³-hybridized carbons (Fsp3) is 0.182. The Kier molecular flexibility index (Phi) is 5.82. The Labute approximate surface area is 160 Å². The van der Waals surface area contributed by atoms with Crippen LogP contribution >= 0.6 is 11.6 Å². The molecular formula is C22H23ClN2O. The fourth-order valence-electron chi connectivity index (χ4n) is 2.77. The summed E-state index contributed by atoms with van der Waals surface area (Å²) >= 11 is 6.43. The van der Waals surface area contributed by atoms with E-state index in [4.69, 9.17) is 22.1 Å². The average Bonchev–Trinajstić information content (AvgIpc) is 2.63. The minimum Gasteiger partial charge on any atom is -0.492 e. The van der Waals surface area contributed by atoms with Crippen LogP contribution in [0, 0.1) is 0 Å². The van der Waals surface area contributed by atoms with Crippen LogP contribution in [0.4, 0.5) is 5.69 Å². The minimum atomic E-state index is 0.656. The highest BCUT2D eigenvalue weighted by Crippen LogP contribution is 2.35. The van der Waals surface area contributed by atoms with Crippen LogP contribution in [0.25, 0.3) is 22.3 Å². The molecule has 0 unspecified atom stereocenters. The summed E-state index contributed by atoms with van der Waals surface area (Å²) in [6.45, 7) is 1.53. The number of nitrogens with zero attached hydrogens (tertiary/aromatic N) is 1. The smallest absolute Gasteiger partial charge is 0.119 e. The van der Waals surface area contributed by atoms with Crippen LogP contribution in [0.15, 0.2) is 66.7 Å². The van der Waals surface area contributed by atoms with Gasteiger partial charge < -0.3 is 15.4 Å². The third kappa shape index (κ3) is 4.37. The number of anilines is 1. The molecule has 26 heavy (non-hydrogen) atoms. The monoisotopic (exact) mass is 366 g/mol. The zero-order valence-corrected chi connectivity index (χ0v) is 15.8. The molecule has 134 valence electrons. The molecule has 3 rings (SSSR count). The number of hydrogen-bond donors (Lipinski definition) is 1. The first kappa shape index (κ1) is 18.3. The number of ether oxygens (including phenoxy) is 1. The van der Waals surface area contributed by atoms with Gasteiger partial charge >= 0.3 is 0 Å². The van der Waals surface area contributed by atoms with Gasteiger partial charge in [-0.2, -0.15) is 0 Å². The molecule has 3 aromatic carbocycles. The molecule has 0 saturated carbocycles. The summed E-state index contributed by atoms with van der Waals surface area (Å²) in [6.07, 6.45) is 0. The molecule has 0 aliphatic carbocycles. The lowest BCUT2D eigenvalue weighted by molar-refractivity contribution is 0.261. The summed E-state index contributed by atoms with van der Waals surface area (Å²) in [6, 6.07) is 21.9. The molecule has 2 N–H and O–H groups in total. The van der Waals surface area contributed by atoms with Gasteiger partial charge in [-0.05, 0) is 55.6 Å². The summed E-state index contributed by atoms with van der Waals surface area (Å²) in [5, 5.41) is 0.685. The highest BCUT2D eigenvalue weighted by atomic mass is 35.5. The lowest BCUT2D eigenvalue weighted by atomic mass is 9.98. The molecule has 0 bridgehead atoms. The van der Waals surface area contributed by atoms with E-state index in [2.05, 4.69) is 23.1 Å². The maximum Gasteiger partial charge on any atom is 0.119 e. The number of benzene rings is 3. The van der Waals surface area contributed by atoms with Gasteiger partial charge in [-0.25, -0.2) is 0 Å². The summed E-state index contributed by atoms with van der Waals surface area (Å²) in [4.78, 5) is 2.10. The number of nitrogens with two attached hydrogens (primary N) is 1. The summed E-state index contributed by atoms with van der Waals surface area (Å²) in [7, 11) is 4.06. The van der Waals surface area contributed by atoms with Crippen molar-refractivity contribution >= 4 is 17.3 Å². The Morgan fingerprint density at radius 1 is 0.885 bits per heavy atom. The second kappa shape index (κ2) is 8.26. The average molecular weight is 367 g/mol. The topological polar surface area (TPSA) is 38.5 Å². The van der Waals surface area contributed by atoms with Crippen molar-refractivity contribution in [3.05, 3.63) is 71.8 Å². The normalized spacial score (nSPS) is 10.9. The van der Waals surface area contributed by atoms with Crippen molar-refractivity contribution in [2.45, 2.75) is 0 Å². The lowest BCUT2D eigenvalue weighted by Gasteiger charge is -2.13. The van der Waals surface area contributed by atoms with E-state index < -0.39 is 0 Å². The molecule has 3 aromatic rings. The zero-order valence-electron chi connectivity index (χ0n) is 15.1. The van der Waals surface area contributed by atoms with Crippen molar-refractivity contribution in [1.29, 1.82) is 0 Å². The Morgan fingerprint density at radius 3 is 2.42 bits per heavy atom. The predicted octanol–water partition coefficient (Wildman–Crippen LogP) is 5.20. The number of rotatable bonds is 6. The van der Waals surface area contributed by atoms with Gasteiger partial charge in [-0.15, -0.1) is 0 Å². The first-order chi connectivity index (χ1) is 12.5. The third-order valence-electron chi connectivity index (χ3n) is 4.19. The Balaban J connectivity index is 1.91. The molecular weight excluding hydrogens is 344 g/mol. The van der Waals surface area contributed by atoms with Crippen LogP contribution in [0.2, 0.25) is 5.02 Å². The van der Waals surface area contributed by atoms with Crippen molar-refractivity contribution in [3.63, 3.8) is 0 Å². The molecule has 0 amide bonds. The van der Waals surface area contributed by atoms with Crippen LogP contribution in [0.5, 0.6) is 5.75 Å². The molecule has 0 saturated heterocycles. The predicted molar refractivity (Wildman–Crippen MR) is 111 cm³/mol. The van der Waals surface area contributed by atoms with E-state index in [1.165, 1.54) is 0 Å². The zero-order chi connectivity index (χ0) is 18.5. The number of halogens is 1. The quantitative estimate of drug-likeness (QED) is 0.609. The number of nitrogen functional groups attached to an aromatic ring is 1. The van der Waals surface area contributed by atoms with Gasteiger partial charge in [0.1, 0.15) is 12.4 Å². The van der Waals surface area contributed by atoms with E-state index in [0.29, 0.717) is 17.3 Å². The molecule has 0 spiro atoms. The molecule has 4 heteroatoms. The van der Waals surface area contributed by atoms with Crippen molar-refractivity contribution in [2.24, 2.45) is 0 Å². The van der Waals surface area contributed by atoms with E-state index in [1.807, 2.05) is 62.6 Å². The molecule has 0 aliphatic rings. The van der Waals surface area contributed by atoms with Gasteiger partial charge in [-0.1, -0.05) is 48.0 Å². The molecule has 0 fully saturated rings. The summed E-state index contributed by atoms with van der Waals surface area (Å²) in [5.74, 6) is 0.861. The first-order valence-electron chi connectivity index (χ1n) is 8.57. The summed E-state index contributed by atoms with van der Waals surface area (Å²) < 4.78 is 5.85. The van der Waals surface area contributed by atoms with Gasteiger partial charge in [0.15, 0.2) is 0 Å². The van der Waals surface area contributed by atoms with Crippen molar-refractivity contribution in [2.75, 3.05) is 33.0 Å². The maximum atomic E-state index is 6.43. The standard InChI is InChI=1S/C22H23ClN2O/c1-25(2)12-13-26-18-7-5-6-16(14-18)17-10-11-21(23)20(15-17)19-8-3-4-9-22(19)24/h3-11,14-15H,12-13,24H2,1-2H3. The first-order valence-corrected chi connectivity index (χ1v) is 8.95. The summed E-state index contributed by atoms with van der Waals surface area (Å²) in [5.41, 5.74) is 10.9. The fourth-order valence-corrected chi connectivity index (χ4v) is 2.98. The van der Waals surface area contributed by atoms with Gasteiger partial charge in [0.2, 0.25) is 0 Å². The van der Waals surface area contributed by atoms with Crippen molar-refractivity contribution in [3.8, 4) is 28.0 Å². The molecule has 3 nitrogen and oxygen atoms in total. The van der Waals surface area contributed by atoms with E-state index in [1.54, 1.807) is 0 Å². The highest BCUT2D eigenvalue weighted by molar-refractivity contribution is 6.33. The second-order valence-electron chi connectivity index (χ2n) is 6.46. The Morgan fingerprint density at radius 2 is 1.65 bits per heavy atom. The van der Waals surface area contributed by atoms with E-state index >= 15 is 0 Å². The van der Waals surface area contributed by atoms with Crippen molar-refractivity contribution in [1.82, 2.24) is 4.90 Å². The van der Waals surface area contributed by atoms with Crippen LogP contribution < -0.4 is 10.5 Å². The van der Waals surface area contributed by atoms with E-state index in [-0.39, 0.29) is 0 Å². The molecule has 0 atom stereocenters. The largest absolute Gasteiger partial charge is 0.492 e. The van der Waals surface area contributed by atoms with Gasteiger partial charge in [-0.3, -0.25) is 0 Å². The van der Waals surface area contributed by atoms with Gasteiger partial charge in [0.05, 0.1) is 0 Å². The molecule has 0 aromatic heterocycles. The second-order valence-corrected chi connectivity index (χ2v) is 6.87. The lowest BCUT2D eigenvalue weighted by Crippen LogP contribution is -2.19. The van der Waals surface area contributed by atoms with Crippen LogP contribution in [0.3, 0.4) is 0 Å². The van der Waals surface area contributed by atoms with E-state index in [0.717, 1.165) is 34.5 Å². The van der Waals surface area contributed by atoms with Crippen LogP contribution in [-0.4, -0.2) is 32.1 Å². The SMILES string of the molecule is CN(C)CCOc1cccc(-c2ccc(Cl)c(-c3ccccc3N)c2)c1. The number of hydrogen-bond acceptors (Lipinski definition) is 3. The molecule has 0 radical (unpaired) electrons. The molecule has 0 heterocycles. The highest BCUT2D eigenvalue weighted by Gasteiger charge is 2.09. The third-order valence-corrected chi connectivity index (χ3v) is 4.52. The van der Waals surface area contributed by atoms with E-state index in [9.17, 15) is 0 Å². The number of para-hydroxylation sites is 1. The van der Waals surface area contributed by atoms with Crippen LogP contribution in [-0.2, 0) is 0 Å².